The molecule has 1 N–H and O–H groups in total. The summed E-state index contributed by atoms with van der Waals surface area (Å²) in [6.07, 6.45) is 3.07. The Morgan fingerprint density at radius 1 is 1.25 bits per heavy atom. The Balaban J connectivity index is 2.70. The van der Waals surface area contributed by atoms with Crippen molar-refractivity contribution in [3.63, 3.8) is 0 Å². The molecule has 0 aliphatic heterocycles. The van der Waals surface area contributed by atoms with Crippen LogP contribution in [-0.2, 0) is 11.3 Å². The molecule has 4 heteroatoms. The van der Waals surface area contributed by atoms with Gasteiger partial charge >= 0.3 is 5.97 Å². The zero-order valence-corrected chi connectivity index (χ0v) is 12.5. The van der Waals surface area contributed by atoms with Crippen molar-refractivity contribution in [1.29, 1.82) is 0 Å². The maximum atomic E-state index is 10.9. The number of ether oxygens (including phenoxy) is 1. The molecule has 0 radical (unpaired) electrons. The van der Waals surface area contributed by atoms with Crippen molar-refractivity contribution >= 4 is 5.97 Å². The van der Waals surface area contributed by atoms with Crippen molar-refractivity contribution in [2.75, 3.05) is 19.7 Å². The first-order valence-corrected chi connectivity index (χ1v) is 7.32. The van der Waals surface area contributed by atoms with E-state index in [1.54, 1.807) is 0 Å². The molecular formula is C16H25NO3. The van der Waals surface area contributed by atoms with E-state index in [1.807, 2.05) is 29.2 Å². The predicted molar refractivity (Wildman–Crippen MR) is 80.0 cm³/mol. The quantitative estimate of drug-likeness (QED) is 0.668. The number of carbonyl (C=O) groups is 1. The van der Waals surface area contributed by atoms with Crippen LogP contribution in [-0.4, -0.2) is 35.7 Å². The summed E-state index contributed by atoms with van der Waals surface area (Å²) >= 11 is 0. The molecule has 0 atom stereocenters. The van der Waals surface area contributed by atoms with Gasteiger partial charge in [0.05, 0.1) is 13.2 Å². The second-order valence-electron chi connectivity index (χ2n) is 4.91. The maximum Gasteiger partial charge on any atom is 0.317 e. The van der Waals surface area contributed by atoms with Gasteiger partial charge < -0.3 is 9.84 Å². The fourth-order valence-corrected chi connectivity index (χ4v) is 2.06. The molecule has 0 amide bonds. The molecule has 0 aliphatic carbocycles. The summed E-state index contributed by atoms with van der Waals surface area (Å²) in [4.78, 5) is 12.8. The summed E-state index contributed by atoms with van der Waals surface area (Å²) in [6, 6.07) is 7.88. The first-order valence-electron chi connectivity index (χ1n) is 7.32. The third-order valence-corrected chi connectivity index (χ3v) is 3.02. The number of benzene rings is 1. The third-order valence-electron chi connectivity index (χ3n) is 3.02. The van der Waals surface area contributed by atoms with E-state index in [9.17, 15) is 4.79 Å². The van der Waals surface area contributed by atoms with Gasteiger partial charge in [0.2, 0.25) is 0 Å². The summed E-state index contributed by atoms with van der Waals surface area (Å²) in [6.45, 7) is 6.35. The van der Waals surface area contributed by atoms with Gasteiger partial charge in [0.25, 0.3) is 0 Å². The van der Waals surface area contributed by atoms with Crippen LogP contribution >= 0.6 is 0 Å². The van der Waals surface area contributed by atoms with Gasteiger partial charge in [-0.05, 0) is 25.5 Å². The second-order valence-corrected chi connectivity index (χ2v) is 4.91. The minimum absolute atomic E-state index is 0.0666. The van der Waals surface area contributed by atoms with E-state index in [0.717, 1.165) is 37.1 Å². The zero-order valence-electron chi connectivity index (χ0n) is 12.5. The van der Waals surface area contributed by atoms with E-state index >= 15 is 0 Å². The van der Waals surface area contributed by atoms with E-state index < -0.39 is 5.97 Å². The standard InChI is InChI=1S/C16H25NO3/c1-3-5-11-20-15-9-7-6-8-14(15)12-17(10-4-2)13-16(18)19/h6-9H,3-5,10-13H2,1-2H3,(H,18,19). The highest BCUT2D eigenvalue weighted by Gasteiger charge is 2.12. The molecule has 1 aromatic carbocycles. The van der Waals surface area contributed by atoms with Crippen molar-refractivity contribution in [3.05, 3.63) is 29.8 Å². The van der Waals surface area contributed by atoms with E-state index in [1.165, 1.54) is 0 Å². The van der Waals surface area contributed by atoms with Gasteiger partial charge in [-0.25, -0.2) is 0 Å². The predicted octanol–water partition coefficient (Wildman–Crippen LogP) is 3.16. The van der Waals surface area contributed by atoms with Gasteiger partial charge in [0, 0.05) is 12.1 Å². The number of nitrogens with zero attached hydrogens (tertiary/aromatic N) is 1. The lowest BCUT2D eigenvalue weighted by Crippen LogP contribution is -2.30. The fraction of sp³-hybridized carbons (Fsp3) is 0.562. The summed E-state index contributed by atoms with van der Waals surface area (Å²) in [5, 5.41) is 8.96. The number of hydrogen-bond acceptors (Lipinski definition) is 3. The van der Waals surface area contributed by atoms with Crippen LogP contribution in [0, 0.1) is 0 Å². The molecular weight excluding hydrogens is 254 g/mol. The lowest BCUT2D eigenvalue weighted by Gasteiger charge is -2.21. The number of hydrogen-bond donors (Lipinski definition) is 1. The van der Waals surface area contributed by atoms with Gasteiger partial charge in [-0.15, -0.1) is 0 Å². The number of rotatable bonds is 10. The highest BCUT2D eigenvalue weighted by Crippen LogP contribution is 2.20. The van der Waals surface area contributed by atoms with Crippen molar-refractivity contribution in [3.8, 4) is 5.75 Å². The Labute approximate surface area is 121 Å². The third kappa shape index (κ3) is 6.06. The number of carboxylic acid groups (broad SMARTS) is 1. The highest BCUT2D eigenvalue weighted by molar-refractivity contribution is 5.69. The van der Waals surface area contributed by atoms with Crippen molar-refractivity contribution in [2.24, 2.45) is 0 Å². The Hall–Kier alpha value is -1.55. The number of unbranched alkanes of at least 4 members (excludes halogenated alkanes) is 1. The molecule has 1 aromatic rings. The molecule has 0 aromatic heterocycles. The molecule has 20 heavy (non-hydrogen) atoms. The molecule has 0 spiro atoms. The Morgan fingerprint density at radius 2 is 2.00 bits per heavy atom. The molecule has 0 saturated heterocycles. The lowest BCUT2D eigenvalue weighted by molar-refractivity contribution is -0.138. The van der Waals surface area contributed by atoms with Crippen LogP contribution in [0.5, 0.6) is 5.75 Å². The fourth-order valence-electron chi connectivity index (χ4n) is 2.06. The molecule has 0 saturated carbocycles. The zero-order chi connectivity index (χ0) is 14.8. The molecule has 4 nitrogen and oxygen atoms in total. The van der Waals surface area contributed by atoms with Gasteiger partial charge in [-0.1, -0.05) is 38.5 Å². The molecule has 0 fully saturated rings. The topological polar surface area (TPSA) is 49.8 Å². The second kappa shape index (κ2) is 9.37. The molecule has 0 bridgehead atoms. The smallest absolute Gasteiger partial charge is 0.317 e. The highest BCUT2D eigenvalue weighted by atomic mass is 16.5. The van der Waals surface area contributed by atoms with Crippen LogP contribution in [0.25, 0.3) is 0 Å². The van der Waals surface area contributed by atoms with E-state index in [2.05, 4.69) is 13.8 Å². The average molecular weight is 279 g/mol. The van der Waals surface area contributed by atoms with Crippen molar-refractivity contribution in [1.82, 2.24) is 4.90 Å². The normalized spacial score (nSPS) is 10.8. The van der Waals surface area contributed by atoms with Crippen LogP contribution in [0.1, 0.15) is 38.7 Å². The Morgan fingerprint density at radius 3 is 2.65 bits per heavy atom. The van der Waals surface area contributed by atoms with Crippen LogP contribution in [0.2, 0.25) is 0 Å². The van der Waals surface area contributed by atoms with Crippen LogP contribution in [0.3, 0.4) is 0 Å². The van der Waals surface area contributed by atoms with Crippen molar-refractivity contribution in [2.45, 2.75) is 39.7 Å². The first kappa shape index (κ1) is 16.5. The number of aliphatic carboxylic acids is 1. The minimum atomic E-state index is -0.789. The maximum absolute atomic E-state index is 10.9. The number of para-hydroxylation sites is 1. The summed E-state index contributed by atoms with van der Waals surface area (Å²) in [7, 11) is 0. The SMILES string of the molecule is CCCCOc1ccccc1CN(CCC)CC(=O)O. The minimum Gasteiger partial charge on any atom is -0.493 e. The largest absolute Gasteiger partial charge is 0.493 e. The van der Waals surface area contributed by atoms with E-state index in [4.69, 9.17) is 9.84 Å². The average Bonchev–Trinajstić information content (AvgIpc) is 2.40. The summed E-state index contributed by atoms with van der Waals surface area (Å²) in [5.41, 5.74) is 1.05. The van der Waals surface area contributed by atoms with Gasteiger partial charge in [0.15, 0.2) is 0 Å². The van der Waals surface area contributed by atoms with Gasteiger partial charge in [0.1, 0.15) is 5.75 Å². The van der Waals surface area contributed by atoms with Crippen LogP contribution in [0.15, 0.2) is 24.3 Å². The van der Waals surface area contributed by atoms with Crippen molar-refractivity contribution < 1.29 is 14.6 Å². The van der Waals surface area contributed by atoms with Gasteiger partial charge in [-0.3, -0.25) is 9.69 Å². The monoisotopic (exact) mass is 279 g/mol. The Kier molecular flexibility index (Phi) is 7.73. The van der Waals surface area contributed by atoms with Crippen LogP contribution in [0.4, 0.5) is 0 Å². The first-order chi connectivity index (χ1) is 9.67. The van der Waals surface area contributed by atoms with Gasteiger partial charge in [-0.2, -0.15) is 0 Å². The molecule has 1 rings (SSSR count). The number of carboxylic acids is 1. The molecule has 0 heterocycles. The summed E-state index contributed by atoms with van der Waals surface area (Å²) < 4.78 is 5.79. The van der Waals surface area contributed by atoms with E-state index in [-0.39, 0.29) is 6.54 Å². The summed E-state index contributed by atoms with van der Waals surface area (Å²) in [5.74, 6) is 0.0790. The molecule has 0 unspecified atom stereocenters. The lowest BCUT2D eigenvalue weighted by atomic mass is 10.2. The molecule has 0 aliphatic rings. The van der Waals surface area contributed by atoms with Crippen LogP contribution < -0.4 is 4.74 Å². The molecule has 112 valence electrons. The van der Waals surface area contributed by atoms with E-state index in [0.29, 0.717) is 13.2 Å². The Bertz CT molecular complexity index is 406.